The number of amides is 1. The van der Waals surface area contributed by atoms with Gasteiger partial charge in [0.2, 0.25) is 0 Å². The lowest BCUT2D eigenvalue weighted by atomic mass is 10.1. The van der Waals surface area contributed by atoms with Crippen molar-refractivity contribution in [3.63, 3.8) is 0 Å². The Hall–Kier alpha value is -3.47. The lowest BCUT2D eigenvalue weighted by Gasteiger charge is -2.13. The maximum atomic E-state index is 12.8. The third kappa shape index (κ3) is 7.77. The number of aryl methyl sites for hydroxylation is 2. The molecular weight excluding hydrogens is 498 g/mol. The molecule has 0 aliphatic rings. The van der Waals surface area contributed by atoms with Gasteiger partial charge in [-0.05, 0) is 87.1 Å². The number of carbonyl (C=O) groups is 1. The monoisotopic (exact) mass is 527 g/mol. The van der Waals surface area contributed by atoms with Crippen molar-refractivity contribution in [3.8, 4) is 5.75 Å². The number of benzene rings is 3. The van der Waals surface area contributed by atoms with Gasteiger partial charge in [-0.15, -0.1) is 0 Å². The van der Waals surface area contributed by atoms with Gasteiger partial charge >= 0.3 is 0 Å². The molecule has 8 nitrogen and oxygen atoms in total. The predicted octanol–water partition coefficient (Wildman–Crippen LogP) is 4.65. The van der Waals surface area contributed by atoms with Gasteiger partial charge in [-0.25, -0.2) is 8.42 Å². The molecule has 0 spiro atoms. The molecule has 3 N–H and O–H groups in total. The first-order chi connectivity index (χ1) is 17.2. The zero-order valence-corrected chi connectivity index (χ0v) is 22.0. The van der Waals surface area contributed by atoms with Crippen molar-refractivity contribution >= 4 is 44.6 Å². The van der Waals surface area contributed by atoms with E-state index in [0.29, 0.717) is 42.5 Å². The molecule has 3 aromatic carbocycles. The molecule has 3 aromatic rings. The second-order valence-corrected chi connectivity index (χ2v) is 10.0. The van der Waals surface area contributed by atoms with E-state index in [-0.39, 0.29) is 10.0 Å². The lowest BCUT2D eigenvalue weighted by molar-refractivity contribution is 0.0976. The Kier molecular flexibility index (Phi) is 9.40. The van der Waals surface area contributed by atoms with Crippen molar-refractivity contribution in [2.75, 3.05) is 29.9 Å². The summed E-state index contributed by atoms with van der Waals surface area (Å²) >= 11 is 5.24. The van der Waals surface area contributed by atoms with Crippen LogP contribution >= 0.6 is 12.2 Å². The summed E-state index contributed by atoms with van der Waals surface area (Å²) in [6.45, 7) is 7.15. The average Bonchev–Trinajstić information content (AvgIpc) is 2.84. The second-order valence-electron chi connectivity index (χ2n) is 7.93. The van der Waals surface area contributed by atoms with Crippen molar-refractivity contribution in [3.05, 3.63) is 83.4 Å². The highest BCUT2D eigenvalue weighted by Crippen LogP contribution is 2.22. The molecule has 0 saturated carbocycles. The number of thiocarbonyl (C=S) groups is 1. The fourth-order valence-corrected chi connectivity index (χ4v) is 4.62. The quantitative estimate of drug-likeness (QED) is 0.260. The fraction of sp³-hybridized carbons (Fsp3) is 0.231. The number of sulfonamides is 1. The highest BCUT2D eigenvalue weighted by Gasteiger charge is 2.16. The number of nitrogens with one attached hydrogen (secondary N) is 3. The summed E-state index contributed by atoms with van der Waals surface area (Å²) in [7, 11) is -3.76. The van der Waals surface area contributed by atoms with Crippen molar-refractivity contribution in [1.82, 2.24) is 5.32 Å². The number of hydrogen-bond acceptors (Lipinski definition) is 6. The summed E-state index contributed by atoms with van der Waals surface area (Å²) in [5.74, 6) is 0.145. The first kappa shape index (κ1) is 27.1. The SMILES string of the molecule is CCOCCOc1cccc(C(=O)NC(=S)Nc2ccc(S(=O)(=O)Nc3ccc(C)cc3C)cc2)c1. The Morgan fingerprint density at radius 2 is 1.72 bits per heavy atom. The summed E-state index contributed by atoms with van der Waals surface area (Å²) in [4.78, 5) is 12.7. The van der Waals surface area contributed by atoms with Gasteiger partial charge in [0.05, 0.1) is 17.2 Å². The number of ether oxygens (including phenoxy) is 2. The maximum Gasteiger partial charge on any atom is 0.261 e. The van der Waals surface area contributed by atoms with E-state index in [1.165, 1.54) is 12.1 Å². The summed E-state index contributed by atoms with van der Waals surface area (Å²) in [6.07, 6.45) is 0. The van der Waals surface area contributed by atoms with Gasteiger partial charge in [0.15, 0.2) is 5.11 Å². The van der Waals surface area contributed by atoms with Crippen LogP contribution in [0, 0.1) is 13.8 Å². The molecule has 0 radical (unpaired) electrons. The van der Waals surface area contributed by atoms with Crippen molar-refractivity contribution in [2.45, 2.75) is 25.7 Å². The van der Waals surface area contributed by atoms with E-state index in [4.69, 9.17) is 21.7 Å². The predicted molar refractivity (Wildman–Crippen MR) is 145 cm³/mol. The van der Waals surface area contributed by atoms with E-state index in [2.05, 4.69) is 15.4 Å². The minimum Gasteiger partial charge on any atom is -0.491 e. The average molecular weight is 528 g/mol. The van der Waals surface area contributed by atoms with Crippen LogP contribution in [-0.4, -0.2) is 39.3 Å². The highest BCUT2D eigenvalue weighted by molar-refractivity contribution is 7.92. The molecule has 36 heavy (non-hydrogen) atoms. The van der Waals surface area contributed by atoms with E-state index in [1.807, 2.05) is 32.9 Å². The number of rotatable bonds is 10. The van der Waals surface area contributed by atoms with Crippen LogP contribution < -0.4 is 20.1 Å². The molecule has 0 aliphatic heterocycles. The highest BCUT2D eigenvalue weighted by atomic mass is 32.2. The van der Waals surface area contributed by atoms with Gasteiger partial charge in [-0.1, -0.05) is 23.8 Å². The van der Waals surface area contributed by atoms with Gasteiger partial charge in [-0.2, -0.15) is 0 Å². The lowest BCUT2D eigenvalue weighted by Crippen LogP contribution is -2.34. The molecule has 1 amide bonds. The molecule has 190 valence electrons. The molecule has 0 heterocycles. The van der Waals surface area contributed by atoms with Crippen molar-refractivity contribution in [1.29, 1.82) is 0 Å². The molecule has 0 aromatic heterocycles. The summed E-state index contributed by atoms with van der Waals surface area (Å²) in [5, 5.41) is 5.57. The Balaban J connectivity index is 1.57. The van der Waals surface area contributed by atoms with Gasteiger partial charge in [0.1, 0.15) is 12.4 Å². The molecule has 0 atom stereocenters. The first-order valence-electron chi connectivity index (χ1n) is 11.3. The zero-order chi connectivity index (χ0) is 26.1. The van der Waals surface area contributed by atoms with Crippen LogP contribution in [0.25, 0.3) is 0 Å². The van der Waals surface area contributed by atoms with E-state index >= 15 is 0 Å². The Morgan fingerprint density at radius 1 is 0.972 bits per heavy atom. The Bertz CT molecular complexity index is 1330. The molecule has 0 unspecified atom stereocenters. The third-order valence-electron chi connectivity index (χ3n) is 5.07. The number of anilines is 2. The topological polar surface area (TPSA) is 106 Å². The first-order valence-corrected chi connectivity index (χ1v) is 13.2. The van der Waals surface area contributed by atoms with Crippen LogP contribution in [0.1, 0.15) is 28.4 Å². The molecular formula is C26H29N3O5S2. The summed E-state index contributed by atoms with van der Waals surface area (Å²) in [5.41, 5.74) is 3.31. The third-order valence-corrected chi connectivity index (χ3v) is 6.66. The van der Waals surface area contributed by atoms with E-state index in [0.717, 1.165) is 11.1 Å². The fourth-order valence-electron chi connectivity index (χ4n) is 3.28. The van der Waals surface area contributed by atoms with Crippen LogP contribution in [-0.2, 0) is 14.8 Å². The number of hydrogen-bond donors (Lipinski definition) is 3. The zero-order valence-electron chi connectivity index (χ0n) is 20.3. The second kappa shape index (κ2) is 12.5. The molecule has 0 aliphatic carbocycles. The number of carbonyl (C=O) groups excluding carboxylic acids is 1. The van der Waals surface area contributed by atoms with Crippen LogP contribution in [0.3, 0.4) is 0 Å². The summed E-state index contributed by atoms with van der Waals surface area (Å²) in [6, 6.07) is 18.3. The largest absolute Gasteiger partial charge is 0.491 e. The Morgan fingerprint density at radius 3 is 2.42 bits per heavy atom. The minimum atomic E-state index is -3.76. The van der Waals surface area contributed by atoms with Gasteiger partial charge in [0, 0.05) is 17.9 Å². The normalized spacial score (nSPS) is 11.0. The van der Waals surface area contributed by atoms with Crippen LogP contribution in [0.4, 0.5) is 11.4 Å². The molecule has 3 rings (SSSR count). The molecule has 10 heteroatoms. The summed E-state index contributed by atoms with van der Waals surface area (Å²) < 4.78 is 39.0. The Labute approximate surface area is 217 Å². The smallest absolute Gasteiger partial charge is 0.261 e. The molecule has 0 saturated heterocycles. The molecule has 0 fully saturated rings. The van der Waals surface area contributed by atoms with E-state index in [9.17, 15) is 13.2 Å². The maximum absolute atomic E-state index is 12.8. The van der Waals surface area contributed by atoms with Crippen LogP contribution in [0.5, 0.6) is 5.75 Å². The van der Waals surface area contributed by atoms with Gasteiger partial charge < -0.3 is 14.8 Å². The molecule has 0 bridgehead atoms. The standard InChI is InChI=1S/C26H29N3O5S2/c1-4-33-14-15-34-22-7-5-6-20(17-22)25(30)28-26(35)27-21-9-11-23(12-10-21)36(31,32)29-24-13-8-18(2)16-19(24)3/h5-13,16-17,29H,4,14-15H2,1-3H3,(H2,27,28,30,35). The van der Waals surface area contributed by atoms with Crippen molar-refractivity contribution in [2.24, 2.45) is 0 Å². The van der Waals surface area contributed by atoms with Crippen molar-refractivity contribution < 1.29 is 22.7 Å². The van der Waals surface area contributed by atoms with E-state index in [1.54, 1.807) is 42.5 Å². The van der Waals surface area contributed by atoms with Gasteiger partial charge in [0.25, 0.3) is 15.9 Å². The van der Waals surface area contributed by atoms with E-state index < -0.39 is 15.9 Å². The van der Waals surface area contributed by atoms with Crippen LogP contribution in [0.2, 0.25) is 0 Å². The van der Waals surface area contributed by atoms with Gasteiger partial charge in [-0.3, -0.25) is 14.8 Å². The van der Waals surface area contributed by atoms with Crippen LogP contribution in [0.15, 0.2) is 71.6 Å². The minimum absolute atomic E-state index is 0.0756.